The van der Waals surface area contributed by atoms with Crippen molar-refractivity contribution in [2.45, 2.75) is 26.3 Å². The molecule has 6 heteroatoms. The average molecular weight is 291 g/mol. The van der Waals surface area contributed by atoms with Crippen LogP contribution in [0.5, 0.6) is 0 Å². The van der Waals surface area contributed by atoms with Gasteiger partial charge >= 0.3 is 0 Å². The molecular weight excluding hydrogens is 270 g/mol. The summed E-state index contributed by atoms with van der Waals surface area (Å²) in [6.07, 6.45) is 3.83. The number of carbonyl (C=O) groups excluding carboxylic acids is 2. The summed E-state index contributed by atoms with van der Waals surface area (Å²) in [6, 6.07) is 1.69. The molecule has 1 aromatic heterocycles. The van der Waals surface area contributed by atoms with Crippen LogP contribution in [0.15, 0.2) is 18.5 Å². The molecule has 0 aliphatic carbocycles. The standard InChI is InChI=1S/C15H21N3O3/c1-3-11(2)17-14(19)12-8-13(10-16-9-12)15(20)18-4-6-21-7-5-18/h8-11H,3-7H2,1-2H3,(H,17,19). The molecule has 0 bridgehead atoms. The lowest BCUT2D eigenvalue weighted by molar-refractivity contribution is 0.0302. The first-order valence-corrected chi connectivity index (χ1v) is 7.24. The van der Waals surface area contributed by atoms with E-state index in [0.717, 1.165) is 6.42 Å². The Labute approximate surface area is 124 Å². The Morgan fingerprint density at radius 2 is 2.00 bits per heavy atom. The molecule has 0 aromatic carbocycles. The van der Waals surface area contributed by atoms with E-state index >= 15 is 0 Å². The van der Waals surface area contributed by atoms with Gasteiger partial charge in [0.2, 0.25) is 0 Å². The van der Waals surface area contributed by atoms with Gasteiger partial charge in [-0.3, -0.25) is 14.6 Å². The van der Waals surface area contributed by atoms with E-state index in [9.17, 15) is 9.59 Å². The molecule has 1 aromatic rings. The van der Waals surface area contributed by atoms with Crippen molar-refractivity contribution in [3.63, 3.8) is 0 Å². The van der Waals surface area contributed by atoms with Crippen LogP contribution >= 0.6 is 0 Å². The number of aromatic nitrogens is 1. The van der Waals surface area contributed by atoms with Crippen LogP contribution in [0.25, 0.3) is 0 Å². The van der Waals surface area contributed by atoms with Gasteiger partial charge in [0.25, 0.3) is 11.8 Å². The fraction of sp³-hybridized carbons (Fsp3) is 0.533. The Balaban J connectivity index is 2.09. The van der Waals surface area contributed by atoms with E-state index in [1.165, 1.54) is 12.4 Å². The number of morpholine rings is 1. The van der Waals surface area contributed by atoms with Gasteiger partial charge in [0.15, 0.2) is 0 Å². The highest BCUT2D eigenvalue weighted by atomic mass is 16.5. The Bertz CT molecular complexity index is 513. The lowest BCUT2D eigenvalue weighted by atomic mass is 10.1. The summed E-state index contributed by atoms with van der Waals surface area (Å²) in [5, 5.41) is 2.87. The molecule has 1 aliphatic heterocycles. The molecule has 2 rings (SSSR count). The molecule has 1 fully saturated rings. The normalized spacial score (nSPS) is 16.4. The van der Waals surface area contributed by atoms with Crippen LogP contribution in [0.2, 0.25) is 0 Å². The van der Waals surface area contributed by atoms with Gasteiger partial charge in [-0.15, -0.1) is 0 Å². The lowest BCUT2D eigenvalue weighted by Gasteiger charge is -2.26. The number of ether oxygens (including phenoxy) is 1. The number of nitrogens with one attached hydrogen (secondary N) is 1. The van der Waals surface area contributed by atoms with Crippen LogP contribution in [0.4, 0.5) is 0 Å². The van der Waals surface area contributed by atoms with Crippen molar-refractivity contribution in [3.05, 3.63) is 29.6 Å². The van der Waals surface area contributed by atoms with Gasteiger partial charge in [-0.2, -0.15) is 0 Å². The van der Waals surface area contributed by atoms with E-state index in [4.69, 9.17) is 4.74 Å². The van der Waals surface area contributed by atoms with Crippen molar-refractivity contribution >= 4 is 11.8 Å². The smallest absolute Gasteiger partial charge is 0.255 e. The van der Waals surface area contributed by atoms with Crippen LogP contribution < -0.4 is 5.32 Å². The van der Waals surface area contributed by atoms with Crippen molar-refractivity contribution in [2.24, 2.45) is 0 Å². The summed E-state index contributed by atoms with van der Waals surface area (Å²) in [5.41, 5.74) is 0.850. The molecule has 6 nitrogen and oxygen atoms in total. The first-order chi connectivity index (χ1) is 10.1. The van der Waals surface area contributed by atoms with E-state index < -0.39 is 0 Å². The van der Waals surface area contributed by atoms with Gasteiger partial charge in [0, 0.05) is 31.5 Å². The van der Waals surface area contributed by atoms with Crippen molar-refractivity contribution in [1.82, 2.24) is 15.2 Å². The van der Waals surface area contributed by atoms with Gasteiger partial charge < -0.3 is 15.0 Å². The molecule has 1 N–H and O–H groups in total. The third-order valence-corrected chi connectivity index (χ3v) is 3.54. The van der Waals surface area contributed by atoms with Crippen molar-refractivity contribution in [3.8, 4) is 0 Å². The largest absolute Gasteiger partial charge is 0.378 e. The molecule has 0 radical (unpaired) electrons. The first-order valence-electron chi connectivity index (χ1n) is 7.24. The quantitative estimate of drug-likeness (QED) is 0.901. The number of amides is 2. The molecule has 2 amide bonds. The van der Waals surface area contributed by atoms with Crippen molar-refractivity contribution in [2.75, 3.05) is 26.3 Å². The van der Waals surface area contributed by atoms with E-state index in [1.54, 1.807) is 11.0 Å². The maximum atomic E-state index is 12.4. The van der Waals surface area contributed by atoms with Gasteiger partial charge in [-0.05, 0) is 19.4 Å². The average Bonchev–Trinajstić information content (AvgIpc) is 2.55. The second kappa shape index (κ2) is 7.17. The summed E-state index contributed by atoms with van der Waals surface area (Å²) < 4.78 is 5.23. The van der Waals surface area contributed by atoms with Gasteiger partial charge in [0.05, 0.1) is 24.3 Å². The number of rotatable bonds is 4. The molecule has 1 aliphatic rings. The Hall–Kier alpha value is -1.95. The van der Waals surface area contributed by atoms with Crippen LogP contribution in [0, 0.1) is 0 Å². The maximum absolute atomic E-state index is 12.4. The summed E-state index contributed by atoms with van der Waals surface area (Å²) in [4.78, 5) is 30.2. The molecule has 0 saturated carbocycles. The minimum absolute atomic E-state index is 0.0936. The lowest BCUT2D eigenvalue weighted by Crippen LogP contribution is -2.40. The van der Waals surface area contributed by atoms with Gasteiger partial charge in [-0.1, -0.05) is 6.92 Å². The minimum Gasteiger partial charge on any atom is -0.378 e. The van der Waals surface area contributed by atoms with Crippen LogP contribution in [0.1, 0.15) is 41.0 Å². The molecule has 21 heavy (non-hydrogen) atoms. The molecule has 1 unspecified atom stereocenters. The SMILES string of the molecule is CCC(C)NC(=O)c1cncc(C(=O)N2CCOCC2)c1. The third kappa shape index (κ3) is 4.01. The summed E-state index contributed by atoms with van der Waals surface area (Å²) in [6.45, 7) is 6.18. The number of pyridine rings is 1. The van der Waals surface area contributed by atoms with E-state index in [-0.39, 0.29) is 17.9 Å². The van der Waals surface area contributed by atoms with Crippen molar-refractivity contribution < 1.29 is 14.3 Å². The molecule has 0 spiro atoms. The maximum Gasteiger partial charge on any atom is 0.255 e. The summed E-state index contributed by atoms with van der Waals surface area (Å²) >= 11 is 0. The number of hydrogen-bond acceptors (Lipinski definition) is 4. The highest BCUT2D eigenvalue weighted by molar-refractivity contribution is 5.99. The molecule has 1 saturated heterocycles. The predicted molar refractivity (Wildman–Crippen MR) is 78.2 cm³/mol. The Kier molecular flexibility index (Phi) is 5.27. The van der Waals surface area contributed by atoms with E-state index in [0.29, 0.717) is 37.4 Å². The highest BCUT2D eigenvalue weighted by Gasteiger charge is 2.20. The monoisotopic (exact) mass is 291 g/mol. The molecule has 1 atom stereocenters. The zero-order valence-electron chi connectivity index (χ0n) is 12.5. The number of hydrogen-bond donors (Lipinski definition) is 1. The second-order valence-electron chi connectivity index (χ2n) is 5.15. The zero-order chi connectivity index (χ0) is 15.2. The summed E-state index contributed by atoms with van der Waals surface area (Å²) in [7, 11) is 0. The van der Waals surface area contributed by atoms with Crippen LogP contribution in [-0.2, 0) is 4.74 Å². The Morgan fingerprint density at radius 3 is 2.67 bits per heavy atom. The van der Waals surface area contributed by atoms with Gasteiger partial charge in [-0.25, -0.2) is 0 Å². The fourth-order valence-electron chi connectivity index (χ4n) is 2.04. The molecule has 2 heterocycles. The topological polar surface area (TPSA) is 71.5 Å². The number of nitrogens with zero attached hydrogens (tertiary/aromatic N) is 2. The van der Waals surface area contributed by atoms with Crippen LogP contribution in [-0.4, -0.2) is 54.0 Å². The zero-order valence-corrected chi connectivity index (χ0v) is 12.5. The van der Waals surface area contributed by atoms with E-state index in [2.05, 4.69) is 10.3 Å². The number of carbonyl (C=O) groups is 2. The highest BCUT2D eigenvalue weighted by Crippen LogP contribution is 2.09. The van der Waals surface area contributed by atoms with E-state index in [1.807, 2.05) is 13.8 Å². The van der Waals surface area contributed by atoms with Crippen LogP contribution in [0.3, 0.4) is 0 Å². The second-order valence-corrected chi connectivity index (χ2v) is 5.15. The molecule has 114 valence electrons. The first kappa shape index (κ1) is 15.4. The Morgan fingerprint density at radius 1 is 1.33 bits per heavy atom. The minimum atomic E-state index is -0.200. The summed E-state index contributed by atoms with van der Waals surface area (Å²) in [5.74, 6) is -0.308. The third-order valence-electron chi connectivity index (χ3n) is 3.54. The molecular formula is C15H21N3O3. The van der Waals surface area contributed by atoms with Crippen molar-refractivity contribution in [1.29, 1.82) is 0 Å². The van der Waals surface area contributed by atoms with Gasteiger partial charge in [0.1, 0.15) is 0 Å². The predicted octanol–water partition coefficient (Wildman–Crippen LogP) is 1.08. The fourth-order valence-corrected chi connectivity index (χ4v) is 2.04.